The second-order valence-electron chi connectivity index (χ2n) is 4.52. The van der Waals surface area contributed by atoms with Crippen LogP contribution in [-0.2, 0) is 9.53 Å². The largest absolute Gasteiger partial charge is 0.479 e. The Labute approximate surface area is 149 Å². The summed E-state index contributed by atoms with van der Waals surface area (Å²) in [5.41, 5.74) is 0. The van der Waals surface area contributed by atoms with Crippen molar-refractivity contribution in [1.29, 1.82) is 0 Å². The number of esters is 1. The van der Waals surface area contributed by atoms with E-state index in [9.17, 15) is 4.79 Å². The Bertz CT molecular complexity index is 781. The summed E-state index contributed by atoms with van der Waals surface area (Å²) in [5.74, 6) is 3.06. The topological polar surface area (TPSA) is 57.7 Å². The van der Waals surface area contributed by atoms with Gasteiger partial charge in [0.2, 0.25) is 5.88 Å². The van der Waals surface area contributed by atoms with Crippen molar-refractivity contribution in [3.63, 3.8) is 0 Å². The van der Waals surface area contributed by atoms with Crippen LogP contribution in [0, 0.1) is 12.0 Å². The summed E-state index contributed by atoms with van der Waals surface area (Å²) in [7, 11) is 0. The molecule has 0 bridgehead atoms. The van der Waals surface area contributed by atoms with Crippen molar-refractivity contribution in [3.05, 3.63) is 46.6 Å². The molecule has 1 aromatic heterocycles. The number of hydrogen-bond acceptors (Lipinski definition) is 5. The molecule has 0 spiro atoms. The summed E-state index contributed by atoms with van der Waals surface area (Å²) in [6.07, 6.45) is 2.93. The van der Waals surface area contributed by atoms with Gasteiger partial charge in [0, 0.05) is 13.1 Å². The first-order valence-corrected chi connectivity index (χ1v) is 7.64. The average molecular weight is 366 g/mol. The summed E-state index contributed by atoms with van der Waals surface area (Å²) in [6.45, 7) is 3.14. The van der Waals surface area contributed by atoms with Gasteiger partial charge in [0.1, 0.15) is 22.6 Å². The molecule has 1 unspecified atom stereocenters. The molecule has 0 saturated heterocycles. The second-order valence-corrected chi connectivity index (χ2v) is 5.30. The predicted molar refractivity (Wildman–Crippen MR) is 90.4 cm³/mol. The number of nitrogens with zero attached hydrogens (tertiary/aromatic N) is 1. The van der Waals surface area contributed by atoms with E-state index in [0.717, 1.165) is 0 Å². The van der Waals surface area contributed by atoms with E-state index >= 15 is 0 Å². The lowest BCUT2D eigenvalue weighted by molar-refractivity contribution is -0.143. The molecule has 2 rings (SSSR count). The highest BCUT2D eigenvalue weighted by Gasteiger charge is 2.16. The molecule has 0 saturated carbocycles. The predicted octanol–water partition coefficient (Wildman–Crippen LogP) is 4.47. The van der Waals surface area contributed by atoms with Crippen LogP contribution >= 0.6 is 23.2 Å². The maximum absolute atomic E-state index is 11.6. The van der Waals surface area contributed by atoms with Crippen LogP contribution in [0.4, 0.5) is 0 Å². The molecule has 0 fully saturated rings. The minimum Gasteiger partial charge on any atom is -0.479 e. The molecule has 1 heterocycles. The van der Waals surface area contributed by atoms with Crippen LogP contribution in [0.25, 0.3) is 0 Å². The van der Waals surface area contributed by atoms with Gasteiger partial charge in [-0.05, 0) is 37.3 Å². The zero-order chi connectivity index (χ0) is 17.5. The minimum atomic E-state index is -0.790. The third kappa shape index (κ3) is 4.79. The van der Waals surface area contributed by atoms with Crippen molar-refractivity contribution in [2.75, 3.05) is 0 Å². The van der Waals surface area contributed by atoms with Gasteiger partial charge in [-0.15, -0.1) is 0 Å². The molecular weight excluding hydrogens is 353 g/mol. The van der Waals surface area contributed by atoms with E-state index in [4.69, 9.17) is 32.7 Å². The van der Waals surface area contributed by atoms with Crippen LogP contribution < -0.4 is 9.47 Å². The molecule has 0 aliphatic carbocycles. The summed E-state index contributed by atoms with van der Waals surface area (Å²) in [5, 5.41) is 0.581. The molecule has 0 aliphatic rings. The fourth-order valence-corrected chi connectivity index (χ4v) is 1.90. The quantitative estimate of drug-likeness (QED) is 0.577. The first-order chi connectivity index (χ1) is 11.5. The Morgan fingerprint density at radius 1 is 1.17 bits per heavy atom. The normalized spacial score (nSPS) is 11.0. The van der Waals surface area contributed by atoms with E-state index in [-0.39, 0.29) is 10.9 Å². The molecule has 1 aromatic carbocycles. The summed E-state index contributed by atoms with van der Waals surface area (Å²) < 4.78 is 15.7. The fraction of sp³-hybridized carbons (Fsp3) is 0.176. The van der Waals surface area contributed by atoms with E-state index in [1.165, 1.54) is 6.20 Å². The van der Waals surface area contributed by atoms with E-state index in [0.29, 0.717) is 16.5 Å². The summed E-state index contributed by atoms with van der Waals surface area (Å²) >= 11 is 11.9. The van der Waals surface area contributed by atoms with Gasteiger partial charge in [-0.25, -0.2) is 9.78 Å². The molecule has 0 N–H and O–H groups in total. The number of ether oxygens (including phenoxy) is 3. The van der Waals surface area contributed by atoms with Gasteiger partial charge in [0.05, 0.1) is 5.02 Å². The number of rotatable bonds is 5. The zero-order valence-corrected chi connectivity index (χ0v) is 14.4. The Kier molecular flexibility index (Phi) is 6.30. The van der Waals surface area contributed by atoms with E-state index in [2.05, 4.69) is 21.7 Å². The van der Waals surface area contributed by atoms with E-state index in [1.54, 1.807) is 44.2 Å². The van der Waals surface area contributed by atoms with Gasteiger partial charge in [-0.3, -0.25) is 0 Å². The van der Waals surface area contributed by atoms with Gasteiger partial charge in [0.25, 0.3) is 0 Å². The standard InChI is InChI=1S/C17H13Cl2NO4/c1-3-10-22-17(21)11(2)23-12-4-6-13(7-5-12)24-16-15(19)14(18)8-9-20-16/h4-9,11H,1-2H3. The highest BCUT2D eigenvalue weighted by atomic mass is 35.5. The SMILES string of the molecule is CC#COC(=O)C(C)Oc1ccc(Oc2nccc(Cl)c2Cl)cc1. The molecule has 7 heteroatoms. The third-order valence-electron chi connectivity index (χ3n) is 2.75. The zero-order valence-electron chi connectivity index (χ0n) is 12.9. The molecule has 0 radical (unpaired) electrons. The van der Waals surface area contributed by atoms with Crippen molar-refractivity contribution < 1.29 is 19.0 Å². The summed E-state index contributed by atoms with van der Waals surface area (Å²) in [6, 6.07) is 8.15. The van der Waals surface area contributed by atoms with Crippen LogP contribution in [0.15, 0.2) is 36.5 Å². The second kappa shape index (κ2) is 8.44. The Hall–Kier alpha value is -2.42. The molecule has 0 amide bonds. The van der Waals surface area contributed by atoms with Gasteiger partial charge in [0.15, 0.2) is 6.10 Å². The number of pyridine rings is 1. The molecule has 5 nitrogen and oxygen atoms in total. The lowest BCUT2D eigenvalue weighted by Gasteiger charge is -2.12. The lowest BCUT2D eigenvalue weighted by atomic mass is 10.3. The van der Waals surface area contributed by atoms with Gasteiger partial charge < -0.3 is 14.2 Å². The lowest BCUT2D eigenvalue weighted by Crippen LogP contribution is -2.24. The smallest absolute Gasteiger partial charge is 0.360 e. The van der Waals surface area contributed by atoms with Crippen molar-refractivity contribution in [2.45, 2.75) is 20.0 Å². The van der Waals surface area contributed by atoms with Crippen molar-refractivity contribution in [2.24, 2.45) is 0 Å². The molecule has 24 heavy (non-hydrogen) atoms. The van der Waals surface area contributed by atoms with Gasteiger partial charge in [-0.1, -0.05) is 29.1 Å². The highest BCUT2D eigenvalue weighted by molar-refractivity contribution is 6.42. The maximum Gasteiger partial charge on any atom is 0.360 e. The van der Waals surface area contributed by atoms with Crippen LogP contribution in [0.1, 0.15) is 13.8 Å². The monoisotopic (exact) mass is 365 g/mol. The van der Waals surface area contributed by atoms with Crippen molar-refractivity contribution in [1.82, 2.24) is 4.98 Å². The first-order valence-electron chi connectivity index (χ1n) is 6.88. The molecule has 2 aromatic rings. The number of carbonyl (C=O) groups is 1. The molecule has 1 atom stereocenters. The van der Waals surface area contributed by atoms with Crippen molar-refractivity contribution in [3.8, 4) is 29.4 Å². The Balaban J connectivity index is 2.01. The highest BCUT2D eigenvalue weighted by Crippen LogP contribution is 2.33. The van der Waals surface area contributed by atoms with Crippen LogP contribution in [0.3, 0.4) is 0 Å². The number of aromatic nitrogens is 1. The number of halogens is 2. The van der Waals surface area contributed by atoms with Gasteiger partial charge in [-0.2, -0.15) is 0 Å². The Morgan fingerprint density at radius 3 is 2.50 bits per heavy atom. The number of hydrogen-bond donors (Lipinski definition) is 0. The van der Waals surface area contributed by atoms with Crippen LogP contribution in [0.2, 0.25) is 10.0 Å². The Morgan fingerprint density at radius 2 is 1.83 bits per heavy atom. The first kappa shape index (κ1) is 17.9. The number of benzene rings is 1. The third-order valence-corrected chi connectivity index (χ3v) is 3.52. The van der Waals surface area contributed by atoms with E-state index < -0.39 is 12.1 Å². The van der Waals surface area contributed by atoms with Crippen LogP contribution in [0.5, 0.6) is 17.4 Å². The van der Waals surface area contributed by atoms with Gasteiger partial charge >= 0.3 is 5.97 Å². The minimum absolute atomic E-state index is 0.202. The van der Waals surface area contributed by atoms with Crippen LogP contribution in [-0.4, -0.2) is 17.1 Å². The maximum atomic E-state index is 11.6. The molecular formula is C17H13Cl2NO4. The molecule has 124 valence electrons. The average Bonchev–Trinajstić information content (AvgIpc) is 2.58. The molecule has 0 aliphatic heterocycles. The fourth-order valence-electron chi connectivity index (χ4n) is 1.61. The van der Waals surface area contributed by atoms with E-state index in [1.807, 2.05) is 0 Å². The summed E-state index contributed by atoms with van der Waals surface area (Å²) in [4.78, 5) is 15.6. The van der Waals surface area contributed by atoms with Crippen molar-refractivity contribution >= 4 is 29.2 Å². The number of carbonyl (C=O) groups excluding carboxylic acids is 1.